The van der Waals surface area contributed by atoms with Crippen molar-refractivity contribution >= 4 is 16.9 Å². The normalized spacial score (nSPS) is 21.2. The zero-order chi connectivity index (χ0) is 17.4. The molecule has 2 heterocycles. The smallest absolute Gasteiger partial charge is 0.252 e. The summed E-state index contributed by atoms with van der Waals surface area (Å²) in [6, 6.07) is 4.25. The topological polar surface area (TPSA) is 71.7 Å². The van der Waals surface area contributed by atoms with Crippen LogP contribution in [-0.4, -0.2) is 36.9 Å². The minimum Gasteiger partial charge on any atom is -0.461 e. The minimum absolute atomic E-state index is 0.0301. The van der Waals surface area contributed by atoms with Gasteiger partial charge < -0.3 is 19.6 Å². The van der Waals surface area contributed by atoms with Crippen molar-refractivity contribution in [2.45, 2.75) is 31.7 Å². The molecular formula is C19H22FNO4. The first kappa shape index (κ1) is 16.5. The van der Waals surface area contributed by atoms with E-state index in [1.54, 1.807) is 6.07 Å². The number of hydrogen-bond acceptors (Lipinski definition) is 4. The highest BCUT2D eigenvalue weighted by Gasteiger charge is 2.48. The van der Waals surface area contributed by atoms with Crippen molar-refractivity contribution in [2.24, 2.45) is 11.3 Å². The molecule has 1 aliphatic heterocycles. The number of furan rings is 1. The molecule has 1 amide bonds. The molecule has 1 aromatic carbocycles. The van der Waals surface area contributed by atoms with Gasteiger partial charge in [0.1, 0.15) is 0 Å². The van der Waals surface area contributed by atoms with E-state index in [0.29, 0.717) is 30.1 Å². The van der Waals surface area contributed by atoms with Crippen molar-refractivity contribution in [1.82, 2.24) is 5.32 Å². The van der Waals surface area contributed by atoms with E-state index in [1.165, 1.54) is 18.4 Å². The monoisotopic (exact) mass is 347 g/mol. The average Bonchev–Trinajstić information content (AvgIpc) is 3.35. The number of carbonyl (C=O) groups is 1. The van der Waals surface area contributed by atoms with Gasteiger partial charge in [0, 0.05) is 30.1 Å². The molecule has 1 saturated heterocycles. The van der Waals surface area contributed by atoms with Gasteiger partial charge in [-0.15, -0.1) is 0 Å². The van der Waals surface area contributed by atoms with Crippen molar-refractivity contribution in [3.05, 3.63) is 35.8 Å². The summed E-state index contributed by atoms with van der Waals surface area (Å²) in [4.78, 5) is 12.9. The van der Waals surface area contributed by atoms with Gasteiger partial charge in [0.25, 0.3) is 5.91 Å². The molecule has 6 heteroatoms. The fourth-order valence-corrected chi connectivity index (χ4v) is 3.99. The number of nitrogens with one attached hydrogen (secondary N) is 1. The lowest BCUT2D eigenvalue weighted by atomic mass is 9.72. The Bertz CT molecular complexity index is 777. The molecule has 2 N–H and O–H groups in total. The van der Waals surface area contributed by atoms with Gasteiger partial charge in [-0.2, -0.15) is 0 Å². The quantitative estimate of drug-likeness (QED) is 0.872. The largest absolute Gasteiger partial charge is 0.461 e. The predicted octanol–water partition coefficient (Wildman–Crippen LogP) is 2.87. The number of aliphatic hydroxyl groups is 1. The van der Waals surface area contributed by atoms with Crippen molar-refractivity contribution in [3.63, 3.8) is 0 Å². The molecule has 1 saturated carbocycles. The maximum Gasteiger partial charge on any atom is 0.252 e. The van der Waals surface area contributed by atoms with Gasteiger partial charge in [-0.3, -0.25) is 4.79 Å². The number of ether oxygens (including phenoxy) is 1. The number of benzene rings is 1. The van der Waals surface area contributed by atoms with Gasteiger partial charge in [0.15, 0.2) is 11.4 Å². The Morgan fingerprint density at radius 1 is 1.32 bits per heavy atom. The van der Waals surface area contributed by atoms with Crippen LogP contribution in [0.2, 0.25) is 0 Å². The van der Waals surface area contributed by atoms with E-state index in [4.69, 9.17) is 9.15 Å². The zero-order valence-corrected chi connectivity index (χ0v) is 14.0. The van der Waals surface area contributed by atoms with E-state index in [1.807, 2.05) is 0 Å². The average molecular weight is 347 g/mol. The van der Waals surface area contributed by atoms with Gasteiger partial charge in [-0.05, 0) is 49.8 Å². The number of carbonyl (C=O) groups excluding carboxylic acids is 1. The zero-order valence-electron chi connectivity index (χ0n) is 14.0. The second-order valence-electron chi connectivity index (χ2n) is 7.18. The van der Waals surface area contributed by atoms with Crippen LogP contribution in [0.4, 0.5) is 4.39 Å². The maximum atomic E-state index is 13.8. The van der Waals surface area contributed by atoms with Crippen LogP contribution in [0.3, 0.4) is 0 Å². The van der Waals surface area contributed by atoms with Gasteiger partial charge in [-0.1, -0.05) is 0 Å². The van der Waals surface area contributed by atoms with Gasteiger partial charge >= 0.3 is 0 Å². The summed E-state index contributed by atoms with van der Waals surface area (Å²) < 4.78 is 24.4. The molecule has 0 spiro atoms. The Kier molecular flexibility index (Phi) is 4.25. The molecular weight excluding hydrogens is 325 g/mol. The first-order chi connectivity index (χ1) is 12.1. The molecule has 134 valence electrons. The standard InChI is InChI=1S/C19H22FNO4/c20-15-4-3-14(13-5-8-25-16(13)15)18(23)21-17(12-1-2-12)19(11-22)6-9-24-10-7-19/h3-5,8,12,17,22H,1-2,6-7,9-11H2,(H,21,23). The molecule has 0 bridgehead atoms. The van der Waals surface area contributed by atoms with Gasteiger partial charge in [0.05, 0.1) is 18.4 Å². The molecule has 1 aromatic heterocycles. The lowest BCUT2D eigenvalue weighted by Gasteiger charge is -2.42. The summed E-state index contributed by atoms with van der Waals surface area (Å²) >= 11 is 0. The molecule has 2 fully saturated rings. The van der Waals surface area contributed by atoms with E-state index in [-0.39, 0.29) is 29.6 Å². The minimum atomic E-state index is -0.480. The van der Waals surface area contributed by atoms with Crippen LogP contribution in [-0.2, 0) is 4.74 Å². The molecule has 1 unspecified atom stereocenters. The van der Waals surface area contributed by atoms with Crippen LogP contribution in [0.15, 0.2) is 28.9 Å². The summed E-state index contributed by atoms with van der Waals surface area (Å²) in [6.45, 7) is 1.23. The third-order valence-corrected chi connectivity index (χ3v) is 5.66. The molecule has 2 aromatic rings. The van der Waals surface area contributed by atoms with E-state index < -0.39 is 5.82 Å². The lowest BCUT2D eigenvalue weighted by molar-refractivity contribution is -0.0403. The maximum absolute atomic E-state index is 13.8. The third-order valence-electron chi connectivity index (χ3n) is 5.66. The Morgan fingerprint density at radius 2 is 2.08 bits per heavy atom. The number of amides is 1. The molecule has 1 atom stereocenters. The second kappa shape index (κ2) is 6.42. The van der Waals surface area contributed by atoms with Crippen molar-refractivity contribution < 1.29 is 23.4 Å². The van der Waals surface area contributed by atoms with Crippen molar-refractivity contribution in [2.75, 3.05) is 19.8 Å². The molecule has 25 heavy (non-hydrogen) atoms. The van der Waals surface area contributed by atoms with E-state index in [0.717, 1.165) is 25.7 Å². The summed E-state index contributed by atoms with van der Waals surface area (Å²) in [7, 11) is 0. The van der Waals surface area contributed by atoms with Crippen LogP contribution in [0.5, 0.6) is 0 Å². The number of hydrogen-bond donors (Lipinski definition) is 2. The third kappa shape index (κ3) is 2.93. The van der Waals surface area contributed by atoms with E-state index in [2.05, 4.69) is 5.32 Å². The van der Waals surface area contributed by atoms with Crippen LogP contribution in [0.25, 0.3) is 11.0 Å². The van der Waals surface area contributed by atoms with E-state index >= 15 is 0 Å². The summed E-state index contributed by atoms with van der Waals surface area (Å²) in [5.74, 6) is -0.344. The fourth-order valence-electron chi connectivity index (χ4n) is 3.99. The van der Waals surface area contributed by atoms with E-state index in [9.17, 15) is 14.3 Å². The highest BCUT2D eigenvalue weighted by Crippen LogP contribution is 2.45. The second-order valence-corrected chi connectivity index (χ2v) is 7.18. The number of aliphatic hydroxyl groups excluding tert-OH is 1. The lowest BCUT2D eigenvalue weighted by Crippen LogP contribution is -2.53. The first-order valence-corrected chi connectivity index (χ1v) is 8.80. The highest BCUT2D eigenvalue weighted by molar-refractivity contribution is 6.06. The summed E-state index contributed by atoms with van der Waals surface area (Å²) in [5, 5.41) is 13.7. The molecule has 1 aliphatic carbocycles. The summed E-state index contributed by atoms with van der Waals surface area (Å²) in [6.07, 6.45) is 4.96. The van der Waals surface area contributed by atoms with Crippen LogP contribution < -0.4 is 5.32 Å². The van der Waals surface area contributed by atoms with Gasteiger partial charge in [0.2, 0.25) is 0 Å². The molecule has 2 aliphatic rings. The molecule has 0 radical (unpaired) electrons. The predicted molar refractivity (Wildman–Crippen MR) is 89.7 cm³/mol. The Balaban J connectivity index is 1.63. The van der Waals surface area contributed by atoms with Gasteiger partial charge in [-0.25, -0.2) is 4.39 Å². The van der Waals surface area contributed by atoms with Crippen LogP contribution >= 0.6 is 0 Å². The SMILES string of the molecule is O=C(NC(C1CC1)C1(CO)CCOCC1)c1ccc(F)c2occc12. The van der Waals surface area contributed by atoms with Crippen LogP contribution in [0.1, 0.15) is 36.0 Å². The first-order valence-electron chi connectivity index (χ1n) is 8.80. The van der Waals surface area contributed by atoms with Crippen molar-refractivity contribution in [1.29, 1.82) is 0 Å². The molecule has 5 nitrogen and oxygen atoms in total. The summed E-state index contributed by atoms with van der Waals surface area (Å²) in [5.41, 5.74) is 0.152. The Morgan fingerprint density at radius 3 is 2.76 bits per heavy atom. The number of fused-ring (bicyclic) bond motifs is 1. The Hall–Kier alpha value is -1.92. The van der Waals surface area contributed by atoms with Crippen LogP contribution in [0, 0.1) is 17.2 Å². The fraction of sp³-hybridized carbons (Fsp3) is 0.526. The Labute approximate surface area is 145 Å². The van der Waals surface area contributed by atoms with Crippen molar-refractivity contribution in [3.8, 4) is 0 Å². The number of rotatable bonds is 5. The number of halogens is 1. The highest BCUT2D eigenvalue weighted by atomic mass is 19.1. The molecule has 4 rings (SSSR count).